The van der Waals surface area contributed by atoms with Crippen molar-refractivity contribution in [2.45, 2.75) is 50.3 Å². The molecule has 2 aromatic heterocycles. The van der Waals surface area contributed by atoms with Gasteiger partial charge < -0.3 is 14.6 Å². The molecule has 0 fully saturated rings. The number of fused-ring (bicyclic) bond motifs is 3. The van der Waals surface area contributed by atoms with E-state index in [1.165, 1.54) is 15.9 Å². The van der Waals surface area contributed by atoms with E-state index < -0.39 is 11.2 Å². The number of carbonyl (C=O) groups is 1. The Labute approximate surface area is 188 Å². The van der Waals surface area contributed by atoms with Gasteiger partial charge in [-0.25, -0.2) is 4.98 Å². The summed E-state index contributed by atoms with van der Waals surface area (Å²) in [6.45, 7) is 6.28. The van der Waals surface area contributed by atoms with Crippen LogP contribution in [0.1, 0.15) is 31.2 Å². The lowest BCUT2D eigenvalue weighted by Crippen LogP contribution is -2.28. The molecule has 0 saturated carbocycles. The molecule has 4 rings (SSSR count). The third-order valence-electron chi connectivity index (χ3n) is 5.42. The van der Waals surface area contributed by atoms with E-state index in [0.29, 0.717) is 45.8 Å². The van der Waals surface area contributed by atoms with Crippen molar-refractivity contribution in [2.24, 2.45) is 5.92 Å². The van der Waals surface area contributed by atoms with Crippen LogP contribution in [0.25, 0.3) is 15.9 Å². The molecule has 3 heterocycles. The summed E-state index contributed by atoms with van der Waals surface area (Å²) < 4.78 is 12.7. The van der Waals surface area contributed by atoms with Crippen LogP contribution >= 0.6 is 23.1 Å². The lowest BCUT2D eigenvalue weighted by atomic mass is 9.96. The van der Waals surface area contributed by atoms with Crippen LogP contribution in [0, 0.1) is 5.92 Å². The minimum atomic E-state index is -0.959. The molecule has 0 unspecified atom stereocenters. The van der Waals surface area contributed by atoms with Gasteiger partial charge in [-0.2, -0.15) is 0 Å². The molecular formula is C22H24N2O5S2. The van der Waals surface area contributed by atoms with E-state index in [4.69, 9.17) is 14.5 Å². The molecule has 1 aromatic carbocycles. The van der Waals surface area contributed by atoms with Crippen molar-refractivity contribution >= 4 is 39.3 Å². The predicted octanol–water partition coefficient (Wildman–Crippen LogP) is 4.12. The van der Waals surface area contributed by atoms with Gasteiger partial charge in [-0.3, -0.25) is 14.2 Å². The zero-order valence-electron chi connectivity index (χ0n) is 17.7. The fourth-order valence-corrected chi connectivity index (χ4v) is 5.61. The van der Waals surface area contributed by atoms with Crippen LogP contribution in [-0.4, -0.2) is 39.1 Å². The number of thioether (sulfide) groups is 1. The maximum atomic E-state index is 13.8. The second kappa shape index (κ2) is 8.64. The van der Waals surface area contributed by atoms with E-state index in [9.17, 15) is 14.7 Å². The van der Waals surface area contributed by atoms with Gasteiger partial charge in [0.05, 0.1) is 30.9 Å². The van der Waals surface area contributed by atoms with Crippen molar-refractivity contribution in [2.75, 3.05) is 7.11 Å². The summed E-state index contributed by atoms with van der Waals surface area (Å²) in [4.78, 5) is 31.6. The molecule has 0 spiro atoms. The maximum Gasteiger partial charge on any atom is 0.316 e. The van der Waals surface area contributed by atoms with Gasteiger partial charge in [0.1, 0.15) is 15.8 Å². The van der Waals surface area contributed by atoms with Crippen LogP contribution in [0.3, 0.4) is 0 Å². The van der Waals surface area contributed by atoms with Crippen molar-refractivity contribution in [1.82, 2.24) is 9.55 Å². The van der Waals surface area contributed by atoms with Crippen molar-refractivity contribution in [3.63, 3.8) is 0 Å². The van der Waals surface area contributed by atoms with Crippen molar-refractivity contribution in [1.29, 1.82) is 0 Å². The molecular weight excluding hydrogens is 436 g/mol. The molecule has 1 N–H and O–H groups in total. The van der Waals surface area contributed by atoms with Gasteiger partial charge in [-0.05, 0) is 42.7 Å². The topological polar surface area (TPSA) is 90.6 Å². The molecule has 3 aromatic rings. The number of aliphatic carboxylic acids is 1. The zero-order valence-corrected chi connectivity index (χ0v) is 19.4. The summed E-state index contributed by atoms with van der Waals surface area (Å²) >= 11 is 2.52. The molecule has 0 amide bonds. The Bertz CT molecular complexity index is 1180. The Hall–Kier alpha value is -2.36. The van der Waals surface area contributed by atoms with Crippen LogP contribution in [0.2, 0.25) is 0 Å². The highest BCUT2D eigenvalue weighted by molar-refractivity contribution is 8.00. The predicted molar refractivity (Wildman–Crippen MR) is 122 cm³/mol. The Morgan fingerprint density at radius 3 is 2.65 bits per heavy atom. The number of carboxylic acids is 1. The number of hydrogen-bond donors (Lipinski definition) is 1. The molecule has 31 heavy (non-hydrogen) atoms. The van der Waals surface area contributed by atoms with Crippen molar-refractivity contribution < 1.29 is 19.4 Å². The number of benzene rings is 1. The van der Waals surface area contributed by atoms with Crippen LogP contribution in [0.5, 0.6) is 5.75 Å². The summed E-state index contributed by atoms with van der Waals surface area (Å²) in [5, 5.41) is 9.62. The number of ether oxygens (including phenoxy) is 2. The molecule has 9 heteroatoms. The molecule has 2 atom stereocenters. The molecule has 0 aliphatic carbocycles. The van der Waals surface area contributed by atoms with Crippen LogP contribution in [-0.2, 0) is 22.6 Å². The van der Waals surface area contributed by atoms with E-state index in [1.54, 1.807) is 38.3 Å². The van der Waals surface area contributed by atoms with Crippen molar-refractivity contribution in [3.8, 4) is 11.4 Å². The first-order valence-corrected chi connectivity index (χ1v) is 11.7. The highest BCUT2D eigenvalue weighted by atomic mass is 32.2. The van der Waals surface area contributed by atoms with Crippen LogP contribution < -0.4 is 10.3 Å². The zero-order chi connectivity index (χ0) is 22.3. The average molecular weight is 461 g/mol. The van der Waals surface area contributed by atoms with E-state index in [-0.39, 0.29) is 11.7 Å². The highest BCUT2D eigenvalue weighted by Gasteiger charge is 2.29. The first-order chi connectivity index (χ1) is 14.8. The Morgan fingerprint density at radius 1 is 1.32 bits per heavy atom. The fourth-order valence-electron chi connectivity index (χ4n) is 3.58. The van der Waals surface area contributed by atoms with Gasteiger partial charge >= 0.3 is 5.97 Å². The smallest absolute Gasteiger partial charge is 0.316 e. The van der Waals surface area contributed by atoms with Gasteiger partial charge in [0, 0.05) is 11.3 Å². The number of carboxylic acid groups (broad SMARTS) is 1. The van der Waals surface area contributed by atoms with Gasteiger partial charge in [0.15, 0.2) is 5.16 Å². The SMILES string of the molecule is COc1ccc(-n2c(S[C@@H](C)C(=O)O)nc3sc4c(c3c2=O)C[C@H](C(C)C)OC4)cc1. The molecule has 1 aliphatic rings. The van der Waals surface area contributed by atoms with Gasteiger partial charge in [0.2, 0.25) is 0 Å². The number of hydrogen-bond acceptors (Lipinski definition) is 7. The first-order valence-electron chi connectivity index (χ1n) is 10.0. The Balaban J connectivity index is 1.93. The van der Waals surface area contributed by atoms with Crippen molar-refractivity contribution in [3.05, 3.63) is 45.1 Å². The quantitative estimate of drug-likeness (QED) is 0.437. The highest BCUT2D eigenvalue weighted by Crippen LogP contribution is 2.36. The Kier molecular flexibility index (Phi) is 6.09. The largest absolute Gasteiger partial charge is 0.497 e. The van der Waals surface area contributed by atoms with E-state index in [0.717, 1.165) is 22.2 Å². The summed E-state index contributed by atoms with van der Waals surface area (Å²) in [5.41, 5.74) is 1.44. The number of thiophene rings is 1. The fraction of sp³-hybridized carbons (Fsp3) is 0.409. The van der Waals surface area contributed by atoms with E-state index in [2.05, 4.69) is 13.8 Å². The van der Waals surface area contributed by atoms with E-state index in [1.807, 2.05) is 0 Å². The summed E-state index contributed by atoms with van der Waals surface area (Å²) in [6.07, 6.45) is 0.727. The lowest BCUT2D eigenvalue weighted by molar-refractivity contribution is -0.136. The normalized spacial score (nSPS) is 17.0. The number of methoxy groups -OCH3 is 1. The van der Waals surface area contributed by atoms with Gasteiger partial charge in [-0.1, -0.05) is 25.6 Å². The summed E-state index contributed by atoms with van der Waals surface area (Å²) in [6, 6.07) is 7.10. The molecule has 0 radical (unpaired) electrons. The number of aromatic nitrogens is 2. The Morgan fingerprint density at radius 2 is 2.03 bits per heavy atom. The van der Waals surface area contributed by atoms with Crippen LogP contribution in [0.15, 0.2) is 34.2 Å². The first kappa shape index (κ1) is 21.9. The minimum Gasteiger partial charge on any atom is -0.497 e. The molecule has 0 saturated heterocycles. The number of rotatable bonds is 6. The standard InChI is InChI=1S/C22H24N2O5S2/c1-11(2)16-9-15-17(10-29-16)31-19-18(15)20(25)24(13-5-7-14(28-4)8-6-13)22(23-19)30-12(3)21(26)27/h5-8,11-12,16H,9-10H2,1-4H3,(H,26,27)/t12-,16+/m0/s1. The van der Waals surface area contributed by atoms with Crippen LogP contribution in [0.4, 0.5) is 0 Å². The lowest BCUT2D eigenvalue weighted by Gasteiger charge is -2.26. The monoisotopic (exact) mass is 460 g/mol. The summed E-state index contributed by atoms with van der Waals surface area (Å²) in [5.74, 6) is 0.0502. The molecule has 1 aliphatic heterocycles. The molecule has 164 valence electrons. The second-order valence-electron chi connectivity index (χ2n) is 7.81. The molecule has 0 bridgehead atoms. The number of nitrogens with zero attached hydrogens (tertiary/aromatic N) is 2. The van der Waals surface area contributed by atoms with Gasteiger partial charge in [-0.15, -0.1) is 11.3 Å². The second-order valence-corrected chi connectivity index (χ2v) is 10.2. The summed E-state index contributed by atoms with van der Waals surface area (Å²) in [7, 11) is 1.58. The maximum absolute atomic E-state index is 13.8. The third-order valence-corrected chi connectivity index (χ3v) is 7.55. The average Bonchev–Trinajstić information content (AvgIpc) is 3.11. The molecule has 7 nitrogen and oxygen atoms in total. The third kappa shape index (κ3) is 4.09. The van der Waals surface area contributed by atoms with E-state index >= 15 is 0 Å². The van der Waals surface area contributed by atoms with Gasteiger partial charge in [0.25, 0.3) is 5.56 Å². The minimum absolute atomic E-state index is 0.0558.